The molecule has 8 heteroatoms. The van der Waals surface area contributed by atoms with Crippen LogP contribution in [0.1, 0.15) is 12.0 Å². The second-order valence-electron chi connectivity index (χ2n) is 7.04. The first-order valence-electron chi connectivity index (χ1n) is 9.52. The summed E-state index contributed by atoms with van der Waals surface area (Å²) in [6, 6.07) is 18.0. The number of halogens is 1. The summed E-state index contributed by atoms with van der Waals surface area (Å²) < 4.78 is 0. The van der Waals surface area contributed by atoms with Crippen molar-refractivity contribution in [2.24, 2.45) is 0 Å². The monoisotopic (exact) mass is 427 g/mol. The van der Waals surface area contributed by atoms with Crippen molar-refractivity contribution >= 4 is 29.3 Å². The third-order valence-corrected chi connectivity index (χ3v) is 5.90. The van der Waals surface area contributed by atoms with Crippen LogP contribution in [0.2, 0.25) is 5.02 Å². The average molecular weight is 428 g/mol. The molecule has 4 rings (SSSR count). The second kappa shape index (κ2) is 9.43. The summed E-state index contributed by atoms with van der Waals surface area (Å²) in [6.45, 7) is 2.80. The van der Waals surface area contributed by atoms with Crippen molar-refractivity contribution in [2.75, 3.05) is 18.8 Å². The smallest absolute Gasteiger partial charge is 0.230 e. The van der Waals surface area contributed by atoms with E-state index >= 15 is 0 Å². The summed E-state index contributed by atoms with van der Waals surface area (Å²) in [4.78, 5) is 19.1. The molecule has 0 bridgehead atoms. The minimum atomic E-state index is 0.0133. The van der Waals surface area contributed by atoms with Crippen molar-refractivity contribution in [3.63, 3.8) is 0 Å². The summed E-state index contributed by atoms with van der Waals surface area (Å²) in [7, 11) is 0. The van der Waals surface area contributed by atoms with E-state index in [1.807, 2.05) is 30.3 Å². The van der Waals surface area contributed by atoms with E-state index in [2.05, 4.69) is 49.7 Å². The molecule has 1 atom stereocenters. The second-order valence-corrected chi connectivity index (χ2v) is 8.41. The van der Waals surface area contributed by atoms with Gasteiger partial charge < -0.3 is 5.32 Å². The first-order chi connectivity index (χ1) is 14.2. The van der Waals surface area contributed by atoms with Gasteiger partial charge in [-0.2, -0.15) is 0 Å². The van der Waals surface area contributed by atoms with Crippen LogP contribution >= 0.6 is 23.4 Å². The van der Waals surface area contributed by atoms with Gasteiger partial charge in [0.15, 0.2) is 5.82 Å². The first kappa shape index (κ1) is 19.9. The zero-order valence-electron chi connectivity index (χ0n) is 15.8. The van der Waals surface area contributed by atoms with E-state index in [1.165, 1.54) is 17.3 Å². The molecule has 3 aromatic rings. The van der Waals surface area contributed by atoms with Gasteiger partial charge in [-0.1, -0.05) is 53.7 Å². The number of H-pyrrole nitrogens is 1. The van der Waals surface area contributed by atoms with E-state index in [0.29, 0.717) is 21.8 Å². The molecule has 0 saturated carbocycles. The largest absolute Gasteiger partial charge is 0.351 e. The summed E-state index contributed by atoms with van der Waals surface area (Å²) in [5.74, 6) is 0.976. The molecule has 0 radical (unpaired) electrons. The van der Waals surface area contributed by atoms with Crippen LogP contribution in [-0.2, 0) is 11.3 Å². The van der Waals surface area contributed by atoms with Crippen LogP contribution in [0.15, 0.2) is 59.8 Å². The molecule has 1 aromatic heterocycles. The Labute approximate surface area is 179 Å². The van der Waals surface area contributed by atoms with Gasteiger partial charge in [0.1, 0.15) is 0 Å². The molecule has 2 aromatic carbocycles. The predicted octanol–water partition coefficient (Wildman–Crippen LogP) is 3.61. The summed E-state index contributed by atoms with van der Waals surface area (Å²) >= 11 is 7.24. The van der Waals surface area contributed by atoms with Crippen molar-refractivity contribution in [3.05, 3.63) is 65.2 Å². The Balaban J connectivity index is 1.22. The highest BCUT2D eigenvalue weighted by Gasteiger charge is 2.24. The van der Waals surface area contributed by atoms with Gasteiger partial charge in [-0.25, -0.2) is 4.98 Å². The number of carbonyl (C=O) groups is 1. The van der Waals surface area contributed by atoms with Crippen LogP contribution in [-0.4, -0.2) is 50.9 Å². The molecule has 0 spiro atoms. The Morgan fingerprint density at radius 2 is 2.00 bits per heavy atom. The number of benzene rings is 2. The van der Waals surface area contributed by atoms with Crippen LogP contribution in [0.5, 0.6) is 0 Å². The van der Waals surface area contributed by atoms with Crippen molar-refractivity contribution in [1.82, 2.24) is 25.4 Å². The Morgan fingerprint density at radius 1 is 1.21 bits per heavy atom. The number of aromatic nitrogens is 3. The normalized spacial score (nSPS) is 16.8. The number of thioether (sulfide) groups is 1. The highest BCUT2D eigenvalue weighted by atomic mass is 35.5. The number of likely N-dealkylation sites (tertiary alicyclic amines) is 1. The van der Waals surface area contributed by atoms with Gasteiger partial charge in [-0.05, 0) is 36.2 Å². The number of nitrogens with one attached hydrogen (secondary N) is 2. The number of aromatic amines is 1. The van der Waals surface area contributed by atoms with Gasteiger partial charge in [-0.15, -0.1) is 5.10 Å². The summed E-state index contributed by atoms with van der Waals surface area (Å²) in [5.41, 5.74) is 2.21. The molecule has 1 saturated heterocycles. The predicted molar refractivity (Wildman–Crippen MR) is 116 cm³/mol. The number of carbonyl (C=O) groups excluding carboxylic acids is 1. The topological polar surface area (TPSA) is 73.9 Å². The molecule has 1 amide bonds. The number of hydrogen-bond donors (Lipinski definition) is 2. The zero-order chi connectivity index (χ0) is 20.1. The lowest BCUT2D eigenvalue weighted by molar-refractivity contribution is -0.119. The van der Waals surface area contributed by atoms with Crippen LogP contribution in [0.3, 0.4) is 0 Å². The molecule has 2 heterocycles. The molecule has 1 fully saturated rings. The van der Waals surface area contributed by atoms with Crippen LogP contribution in [0.4, 0.5) is 0 Å². The van der Waals surface area contributed by atoms with E-state index in [1.54, 1.807) is 0 Å². The standard InChI is InChI=1S/C21H22ClN5OS/c22-17-8-6-16(7-9-17)20-24-21(26-25-20)29-14-19(28)23-18-10-11-27(13-18)12-15-4-2-1-3-5-15/h1-9,18H,10-14H2,(H,23,28)(H,24,25,26)/t18-/m0/s1. The molecule has 2 N–H and O–H groups in total. The highest BCUT2D eigenvalue weighted by molar-refractivity contribution is 7.99. The molecule has 1 aliphatic rings. The van der Waals surface area contributed by atoms with E-state index in [4.69, 9.17) is 11.6 Å². The van der Waals surface area contributed by atoms with Gasteiger partial charge in [0.25, 0.3) is 0 Å². The Hall–Kier alpha value is -2.35. The lowest BCUT2D eigenvalue weighted by atomic mass is 10.2. The van der Waals surface area contributed by atoms with E-state index in [0.717, 1.165) is 31.6 Å². The van der Waals surface area contributed by atoms with Gasteiger partial charge in [-0.3, -0.25) is 14.8 Å². The lowest BCUT2D eigenvalue weighted by Crippen LogP contribution is -2.38. The maximum absolute atomic E-state index is 12.3. The fourth-order valence-electron chi connectivity index (χ4n) is 3.38. The Bertz CT molecular complexity index is 947. The quantitative estimate of drug-likeness (QED) is 0.563. The van der Waals surface area contributed by atoms with Gasteiger partial charge in [0.05, 0.1) is 5.75 Å². The van der Waals surface area contributed by atoms with Gasteiger partial charge in [0.2, 0.25) is 11.1 Å². The first-order valence-corrected chi connectivity index (χ1v) is 10.9. The fourth-order valence-corrected chi connectivity index (χ4v) is 4.12. The van der Waals surface area contributed by atoms with Crippen LogP contribution in [0.25, 0.3) is 11.4 Å². The number of rotatable bonds is 7. The lowest BCUT2D eigenvalue weighted by Gasteiger charge is -2.16. The van der Waals surface area contributed by atoms with E-state index in [9.17, 15) is 4.79 Å². The molecule has 0 unspecified atom stereocenters. The van der Waals surface area contributed by atoms with Crippen molar-refractivity contribution in [3.8, 4) is 11.4 Å². The number of hydrogen-bond acceptors (Lipinski definition) is 5. The van der Waals surface area contributed by atoms with Crippen LogP contribution in [0, 0.1) is 0 Å². The van der Waals surface area contributed by atoms with Crippen molar-refractivity contribution < 1.29 is 4.79 Å². The fraction of sp³-hybridized carbons (Fsp3) is 0.286. The molecule has 29 heavy (non-hydrogen) atoms. The zero-order valence-corrected chi connectivity index (χ0v) is 17.4. The Kier molecular flexibility index (Phi) is 6.49. The summed E-state index contributed by atoms with van der Waals surface area (Å²) in [6.07, 6.45) is 0.977. The van der Waals surface area contributed by atoms with Crippen molar-refractivity contribution in [1.29, 1.82) is 0 Å². The molecule has 1 aliphatic heterocycles. The molecular weight excluding hydrogens is 406 g/mol. The molecule has 150 valence electrons. The SMILES string of the molecule is O=C(CSc1n[nH]c(-c2ccc(Cl)cc2)n1)N[C@H]1CCN(Cc2ccccc2)C1. The maximum Gasteiger partial charge on any atom is 0.230 e. The molecular formula is C21H22ClN5OS. The Morgan fingerprint density at radius 3 is 2.79 bits per heavy atom. The molecule has 0 aliphatic carbocycles. The number of amides is 1. The van der Waals surface area contributed by atoms with Crippen LogP contribution < -0.4 is 5.32 Å². The summed E-state index contributed by atoms with van der Waals surface area (Å²) in [5, 5.41) is 11.4. The van der Waals surface area contributed by atoms with Gasteiger partial charge in [0, 0.05) is 36.3 Å². The van der Waals surface area contributed by atoms with E-state index < -0.39 is 0 Å². The van der Waals surface area contributed by atoms with Gasteiger partial charge >= 0.3 is 0 Å². The minimum Gasteiger partial charge on any atom is -0.351 e. The average Bonchev–Trinajstić information content (AvgIpc) is 3.37. The van der Waals surface area contributed by atoms with E-state index in [-0.39, 0.29) is 11.9 Å². The minimum absolute atomic E-state index is 0.0133. The third kappa shape index (κ3) is 5.59. The van der Waals surface area contributed by atoms with Crippen molar-refractivity contribution in [2.45, 2.75) is 24.2 Å². The third-order valence-electron chi connectivity index (χ3n) is 4.80. The maximum atomic E-state index is 12.3. The molecule has 6 nitrogen and oxygen atoms in total. The highest BCUT2D eigenvalue weighted by Crippen LogP contribution is 2.21. The number of nitrogens with zero attached hydrogens (tertiary/aromatic N) is 3.